The highest BCUT2D eigenvalue weighted by Gasteiger charge is 2.23. The van der Waals surface area contributed by atoms with Crippen LogP contribution in [0.25, 0.3) is 5.65 Å². The summed E-state index contributed by atoms with van der Waals surface area (Å²) < 4.78 is 28.9. The third-order valence-corrected chi connectivity index (χ3v) is 4.06. The number of fused-ring (bicyclic) bond motifs is 1. The van der Waals surface area contributed by atoms with Gasteiger partial charge in [-0.1, -0.05) is 19.9 Å². The maximum absolute atomic E-state index is 13.9. The van der Waals surface area contributed by atoms with Crippen molar-refractivity contribution in [3.63, 3.8) is 0 Å². The van der Waals surface area contributed by atoms with Crippen LogP contribution in [-0.4, -0.2) is 27.7 Å². The Bertz CT molecular complexity index is 1060. The van der Waals surface area contributed by atoms with Crippen molar-refractivity contribution in [1.82, 2.24) is 14.7 Å². The molecule has 0 aliphatic heterocycles. The number of nitrogens with zero attached hydrogens (tertiary/aromatic N) is 2. The summed E-state index contributed by atoms with van der Waals surface area (Å²) in [5.74, 6) is -2.74. The molecule has 0 bridgehead atoms. The average molecular weight is 386 g/mol. The molecule has 6 nitrogen and oxygen atoms in total. The number of hydrogen-bond acceptors (Lipinski definition) is 3. The number of nitrogens with one attached hydrogen (secondary N) is 2. The lowest BCUT2D eigenvalue weighted by molar-refractivity contribution is 0.0944. The van der Waals surface area contributed by atoms with E-state index in [1.54, 1.807) is 16.7 Å². The number of carbonyl (C=O) groups is 2. The molecular weight excluding hydrogens is 366 g/mol. The van der Waals surface area contributed by atoms with E-state index in [2.05, 4.69) is 15.6 Å². The number of imidazole rings is 1. The Morgan fingerprint density at radius 3 is 2.61 bits per heavy atom. The minimum Gasteiger partial charge on any atom is -0.350 e. The monoisotopic (exact) mass is 386 g/mol. The van der Waals surface area contributed by atoms with Gasteiger partial charge in [-0.2, -0.15) is 0 Å². The molecule has 0 fully saturated rings. The lowest BCUT2D eigenvalue weighted by atomic mass is 10.2. The Morgan fingerprint density at radius 2 is 1.89 bits per heavy atom. The molecule has 0 saturated heterocycles. The number of benzene rings is 1. The first-order chi connectivity index (χ1) is 13.3. The van der Waals surface area contributed by atoms with Gasteiger partial charge >= 0.3 is 0 Å². The van der Waals surface area contributed by atoms with E-state index in [1.165, 1.54) is 0 Å². The van der Waals surface area contributed by atoms with Gasteiger partial charge in [-0.05, 0) is 42.7 Å². The predicted molar refractivity (Wildman–Crippen MR) is 101 cm³/mol. The molecule has 2 heterocycles. The van der Waals surface area contributed by atoms with Crippen LogP contribution in [0.15, 0.2) is 36.5 Å². The second kappa shape index (κ2) is 7.75. The summed E-state index contributed by atoms with van der Waals surface area (Å²) in [7, 11) is 0. The predicted octanol–water partition coefficient (Wildman–Crippen LogP) is 3.56. The average Bonchev–Trinajstić information content (AvgIpc) is 2.98. The molecule has 8 heteroatoms. The second-order valence-electron chi connectivity index (χ2n) is 6.93. The lowest BCUT2D eigenvalue weighted by Gasteiger charge is -2.10. The van der Waals surface area contributed by atoms with Crippen molar-refractivity contribution in [1.29, 1.82) is 0 Å². The minimum absolute atomic E-state index is 0.0273. The van der Waals surface area contributed by atoms with E-state index in [0.29, 0.717) is 12.2 Å². The molecule has 28 heavy (non-hydrogen) atoms. The fraction of sp³-hybridized carbons (Fsp3) is 0.250. The van der Waals surface area contributed by atoms with Crippen LogP contribution in [0, 0.1) is 24.5 Å². The number of carbonyl (C=O) groups excluding carboxylic acids is 2. The van der Waals surface area contributed by atoms with Gasteiger partial charge in [0.25, 0.3) is 11.8 Å². The fourth-order valence-corrected chi connectivity index (χ4v) is 2.68. The third-order valence-electron chi connectivity index (χ3n) is 4.06. The molecular formula is C20H20F2N4O2. The van der Waals surface area contributed by atoms with Crippen molar-refractivity contribution in [2.75, 3.05) is 11.9 Å². The SMILES string of the molecule is Cc1ccc2nc(NC(=O)c3cc(F)ccc3F)c(C(=O)NCC(C)C)n2c1. The summed E-state index contributed by atoms with van der Waals surface area (Å²) in [6.07, 6.45) is 1.71. The molecule has 1 aromatic carbocycles. The highest BCUT2D eigenvalue weighted by molar-refractivity contribution is 6.08. The van der Waals surface area contributed by atoms with Crippen LogP contribution in [0.3, 0.4) is 0 Å². The smallest absolute Gasteiger partial charge is 0.272 e. The molecule has 2 N–H and O–H groups in total. The number of pyridine rings is 1. The first kappa shape index (κ1) is 19.5. The van der Waals surface area contributed by atoms with E-state index >= 15 is 0 Å². The molecule has 3 aromatic rings. The Hall–Kier alpha value is -3.29. The number of hydrogen-bond donors (Lipinski definition) is 2. The first-order valence-corrected chi connectivity index (χ1v) is 8.79. The second-order valence-corrected chi connectivity index (χ2v) is 6.93. The van der Waals surface area contributed by atoms with Gasteiger partial charge in [-0.25, -0.2) is 13.8 Å². The summed E-state index contributed by atoms with van der Waals surface area (Å²) in [5, 5.41) is 5.22. The Labute approximate surface area is 160 Å². The molecule has 0 unspecified atom stereocenters. The Balaban J connectivity index is 2.02. The zero-order valence-electron chi connectivity index (χ0n) is 15.7. The normalized spacial score (nSPS) is 11.1. The zero-order valence-corrected chi connectivity index (χ0v) is 15.7. The summed E-state index contributed by atoms with van der Waals surface area (Å²) in [4.78, 5) is 29.5. The minimum atomic E-state index is -0.893. The van der Waals surface area contributed by atoms with Crippen molar-refractivity contribution >= 4 is 23.3 Å². The van der Waals surface area contributed by atoms with Crippen molar-refractivity contribution < 1.29 is 18.4 Å². The summed E-state index contributed by atoms with van der Waals surface area (Å²) in [6.45, 7) is 6.20. The number of anilines is 1. The lowest BCUT2D eigenvalue weighted by Crippen LogP contribution is -2.29. The van der Waals surface area contributed by atoms with Crippen LogP contribution >= 0.6 is 0 Å². The first-order valence-electron chi connectivity index (χ1n) is 8.79. The molecule has 2 amide bonds. The molecule has 0 aliphatic carbocycles. The molecule has 0 spiro atoms. The number of amides is 2. The maximum atomic E-state index is 13.9. The Morgan fingerprint density at radius 1 is 1.14 bits per heavy atom. The van der Waals surface area contributed by atoms with Crippen LogP contribution in [0.4, 0.5) is 14.6 Å². The van der Waals surface area contributed by atoms with Gasteiger partial charge in [0.1, 0.15) is 17.3 Å². The van der Waals surface area contributed by atoms with Gasteiger partial charge in [-0.3, -0.25) is 14.0 Å². The van der Waals surface area contributed by atoms with E-state index in [4.69, 9.17) is 0 Å². The largest absolute Gasteiger partial charge is 0.350 e. The number of aromatic nitrogens is 2. The molecule has 0 saturated carbocycles. The summed E-state index contributed by atoms with van der Waals surface area (Å²) in [6, 6.07) is 6.10. The molecule has 2 aromatic heterocycles. The Kier molecular flexibility index (Phi) is 5.39. The number of halogens is 2. The number of rotatable bonds is 5. The van der Waals surface area contributed by atoms with Crippen LogP contribution in [-0.2, 0) is 0 Å². The quantitative estimate of drug-likeness (QED) is 0.704. The van der Waals surface area contributed by atoms with E-state index in [9.17, 15) is 18.4 Å². The van der Waals surface area contributed by atoms with Crippen molar-refractivity contribution in [3.05, 3.63) is 65.0 Å². The van der Waals surface area contributed by atoms with Gasteiger partial charge in [0.05, 0.1) is 5.56 Å². The number of aryl methyl sites for hydroxylation is 1. The zero-order chi connectivity index (χ0) is 20.4. The van der Waals surface area contributed by atoms with Crippen molar-refractivity contribution in [2.45, 2.75) is 20.8 Å². The topological polar surface area (TPSA) is 75.5 Å². The van der Waals surface area contributed by atoms with Gasteiger partial charge in [0, 0.05) is 12.7 Å². The van der Waals surface area contributed by atoms with Gasteiger partial charge in [0.2, 0.25) is 0 Å². The van der Waals surface area contributed by atoms with E-state index in [-0.39, 0.29) is 17.4 Å². The fourth-order valence-electron chi connectivity index (χ4n) is 2.68. The third kappa shape index (κ3) is 4.00. The van der Waals surface area contributed by atoms with Gasteiger partial charge < -0.3 is 10.6 Å². The molecule has 146 valence electrons. The van der Waals surface area contributed by atoms with Crippen LogP contribution in [0.5, 0.6) is 0 Å². The van der Waals surface area contributed by atoms with E-state index in [1.807, 2.05) is 26.8 Å². The summed E-state index contributed by atoms with van der Waals surface area (Å²) >= 11 is 0. The summed E-state index contributed by atoms with van der Waals surface area (Å²) in [5.41, 5.74) is 0.971. The van der Waals surface area contributed by atoms with Crippen molar-refractivity contribution in [3.8, 4) is 0 Å². The van der Waals surface area contributed by atoms with Crippen LogP contribution in [0.2, 0.25) is 0 Å². The molecule has 3 rings (SSSR count). The van der Waals surface area contributed by atoms with E-state index < -0.39 is 29.0 Å². The maximum Gasteiger partial charge on any atom is 0.272 e. The molecule has 0 radical (unpaired) electrons. The molecule has 0 aliphatic rings. The van der Waals surface area contributed by atoms with Gasteiger partial charge in [-0.15, -0.1) is 0 Å². The van der Waals surface area contributed by atoms with Crippen LogP contribution < -0.4 is 10.6 Å². The standard InChI is InChI=1S/C20H20F2N4O2/c1-11(2)9-23-20(28)17-18(24-16-7-4-12(3)10-26(16)17)25-19(27)14-8-13(21)5-6-15(14)22/h4-8,10-11H,9H2,1-3H3,(H,23,28)(H,25,27). The highest BCUT2D eigenvalue weighted by atomic mass is 19.1. The molecule has 0 atom stereocenters. The van der Waals surface area contributed by atoms with Gasteiger partial charge in [0.15, 0.2) is 11.5 Å². The van der Waals surface area contributed by atoms with E-state index in [0.717, 1.165) is 23.8 Å². The van der Waals surface area contributed by atoms with Crippen LogP contribution in [0.1, 0.15) is 40.3 Å². The van der Waals surface area contributed by atoms with Crippen molar-refractivity contribution in [2.24, 2.45) is 5.92 Å². The highest BCUT2D eigenvalue weighted by Crippen LogP contribution is 2.20.